The number of likely N-dealkylation sites (N-methyl/N-ethyl adjacent to an activating group) is 1. The fraction of sp³-hybridized carbons (Fsp3) is 0.833. The molecule has 2 unspecified atom stereocenters. The maximum atomic E-state index is 12.0. The van der Waals surface area contributed by atoms with E-state index in [4.69, 9.17) is 10.5 Å². The van der Waals surface area contributed by atoms with Gasteiger partial charge in [0, 0.05) is 20.1 Å². The molecule has 104 valence electrons. The third-order valence-corrected chi connectivity index (χ3v) is 2.98. The molecule has 1 rings (SSSR count). The summed E-state index contributed by atoms with van der Waals surface area (Å²) in [6.07, 6.45) is 1.90. The zero-order valence-corrected chi connectivity index (χ0v) is 11.1. The van der Waals surface area contributed by atoms with Crippen molar-refractivity contribution in [3.05, 3.63) is 0 Å². The van der Waals surface area contributed by atoms with Crippen LogP contribution in [0.2, 0.25) is 0 Å². The molecule has 2 atom stereocenters. The molecule has 0 aliphatic carbocycles. The van der Waals surface area contributed by atoms with Gasteiger partial charge in [-0.25, -0.2) is 0 Å². The molecule has 0 spiro atoms. The molecule has 1 heterocycles. The first-order valence-electron chi connectivity index (χ1n) is 6.45. The van der Waals surface area contributed by atoms with Gasteiger partial charge in [-0.2, -0.15) is 0 Å². The van der Waals surface area contributed by atoms with E-state index in [1.165, 1.54) is 4.90 Å². The summed E-state index contributed by atoms with van der Waals surface area (Å²) in [5.41, 5.74) is 5.49. The molecule has 1 aliphatic rings. The fourth-order valence-electron chi connectivity index (χ4n) is 1.92. The van der Waals surface area contributed by atoms with Gasteiger partial charge in [-0.05, 0) is 19.3 Å². The minimum atomic E-state index is -0.442. The van der Waals surface area contributed by atoms with E-state index < -0.39 is 6.10 Å². The van der Waals surface area contributed by atoms with Gasteiger partial charge in [-0.15, -0.1) is 0 Å². The van der Waals surface area contributed by atoms with Crippen LogP contribution >= 0.6 is 0 Å². The third kappa shape index (κ3) is 4.27. The van der Waals surface area contributed by atoms with Gasteiger partial charge >= 0.3 is 0 Å². The minimum absolute atomic E-state index is 0.0266. The van der Waals surface area contributed by atoms with E-state index in [2.05, 4.69) is 5.32 Å². The van der Waals surface area contributed by atoms with Crippen molar-refractivity contribution >= 4 is 11.8 Å². The number of amides is 2. The summed E-state index contributed by atoms with van der Waals surface area (Å²) in [4.78, 5) is 24.9. The maximum absolute atomic E-state index is 12.0. The zero-order valence-electron chi connectivity index (χ0n) is 11.1. The highest BCUT2D eigenvalue weighted by Crippen LogP contribution is 2.20. The van der Waals surface area contributed by atoms with Gasteiger partial charge in [0.1, 0.15) is 6.10 Å². The average Bonchev–Trinajstić information content (AvgIpc) is 2.83. The van der Waals surface area contributed by atoms with Crippen LogP contribution in [0.3, 0.4) is 0 Å². The lowest BCUT2D eigenvalue weighted by molar-refractivity contribution is -0.144. The van der Waals surface area contributed by atoms with Crippen molar-refractivity contribution in [3.8, 4) is 0 Å². The van der Waals surface area contributed by atoms with E-state index >= 15 is 0 Å². The molecule has 3 N–H and O–H groups in total. The van der Waals surface area contributed by atoms with Crippen LogP contribution in [-0.2, 0) is 14.3 Å². The summed E-state index contributed by atoms with van der Waals surface area (Å²) in [6, 6.07) is 0. The Bertz CT molecular complexity index is 296. The van der Waals surface area contributed by atoms with Gasteiger partial charge in [-0.3, -0.25) is 9.59 Å². The molecule has 1 aliphatic heterocycles. The Labute approximate surface area is 108 Å². The zero-order chi connectivity index (χ0) is 13.5. The predicted molar refractivity (Wildman–Crippen MR) is 67.9 cm³/mol. The third-order valence-electron chi connectivity index (χ3n) is 2.98. The first-order chi connectivity index (χ1) is 8.58. The standard InChI is InChI=1S/C12H23N3O3/c1-3-6-14-11(16)8-15(2)12(17)10-5-4-9(7-13)18-10/h9-10H,3-8,13H2,1-2H3,(H,14,16). The highest BCUT2D eigenvalue weighted by Gasteiger charge is 2.32. The molecule has 2 amide bonds. The summed E-state index contributed by atoms with van der Waals surface area (Å²) < 4.78 is 5.51. The van der Waals surface area contributed by atoms with Crippen LogP contribution in [0.1, 0.15) is 26.2 Å². The van der Waals surface area contributed by atoms with E-state index in [0.29, 0.717) is 19.5 Å². The molecular formula is C12H23N3O3. The van der Waals surface area contributed by atoms with E-state index in [1.807, 2.05) is 6.92 Å². The lowest BCUT2D eigenvalue weighted by atomic mass is 10.2. The molecule has 0 saturated carbocycles. The summed E-state index contributed by atoms with van der Waals surface area (Å²) in [5.74, 6) is -0.279. The number of ether oxygens (including phenoxy) is 1. The normalized spacial score (nSPS) is 22.8. The van der Waals surface area contributed by atoms with Crippen LogP contribution in [0, 0.1) is 0 Å². The van der Waals surface area contributed by atoms with Crippen molar-refractivity contribution in [1.82, 2.24) is 10.2 Å². The number of nitrogens with zero attached hydrogens (tertiary/aromatic N) is 1. The van der Waals surface area contributed by atoms with Crippen molar-refractivity contribution in [2.45, 2.75) is 38.4 Å². The topological polar surface area (TPSA) is 84.7 Å². The molecule has 18 heavy (non-hydrogen) atoms. The second kappa shape index (κ2) is 7.33. The highest BCUT2D eigenvalue weighted by molar-refractivity contribution is 5.86. The average molecular weight is 257 g/mol. The smallest absolute Gasteiger partial charge is 0.251 e. The van der Waals surface area contributed by atoms with Crippen molar-refractivity contribution < 1.29 is 14.3 Å². The quantitative estimate of drug-likeness (QED) is 0.670. The van der Waals surface area contributed by atoms with Gasteiger partial charge in [0.25, 0.3) is 5.91 Å². The monoisotopic (exact) mass is 257 g/mol. The first-order valence-corrected chi connectivity index (χ1v) is 6.45. The van der Waals surface area contributed by atoms with Crippen LogP contribution in [-0.4, -0.2) is 55.6 Å². The minimum Gasteiger partial charge on any atom is -0.364 e. The predicted octanol–water partition coefficient (Wildman–Crippen LogP) is -0.523. The number of rotatable bonds is 6. The van der Waals surface area contributed by atoms with E-state index in [-0.39, 0.29) is 24.5 Å². The van der Waals surface area contributed by atoms with Gasteiger partial charge in [-0.1, -0.05) is 6.92 Å². The Kier molecular flexibility index (Phi) is 6.07. The number of carbonyl (C=O) groups is 2. The van der Waals surface area contributed by atoms with Crippen molar-refractivity contribution in [2.75, 3.05) is 26.7 Å². The van der Waals surface area contributed by atoms with Crippen LogP contribution in [0.5, 0.6) is 0 Å². The van der Waals surface area contributed by atoms with Gasteiger partial charge < -0.3 is 20.7 Å². The highest BCUT2D eigenvalue weighted by atomic mass is 16.5. The number of hydrogen-bond acceptors (Lipinski definition) is 4. The molecule has 6 nitrogen and oxygen atoms in total. The maximum Gasteiger partial charge on any atom is 0.251 e. The molecule has 0 bridgehead atoms. The molecule has 6 heteroatoms. The molecule has 0 aromatic heterocycles. The summed E-state index contributed by atoms with van der Waals surface area (Å²) >= 11 is 0. The van der Waals surface area contributed by atoms with Gasteiger partial charge in [0.15, 0.2) is 0 Å². The lowest BCUT2D eigenvalue weighted by Gasteiger charge is -2.20. The Hall–Kier alpha value is -1.14. The van der Waals surface area contributed by atoms with Crippen LogP contribution in [0.4, 0.5) is 0 Å². The van der Waals surface area contributed by atoms with Crippen molar-refractivity contribution in [3.63, 3.8) is 0 Å². The summed E-state index contributed by atoms with van der Waals surface area (Å²) in [6.45, 7) is 3.13. The van der Waals surface area contributed by atoms with E-state index in [9.17, 15) is 9.59 Å². The largest absolute Gasteiger partial charge is 0.364 e. The first kappa shape index (κ1) is 14.9. The molecular weight excluding hydrogens is 234 g/mol. The van der Waals surface area contributed by atoms with E-state index in [1.54, 1.807) is 7.05 Å². The number of nitrogens with one attached hydrogen (secondary N) is 1. The summed E-state index contributed by atoms with van der Waals surface area (Å²) in [7, 11) is 1.62. The molecule has 1 saturated heterocycles. The van der Waals surface area contributed by atoms with Gasteiger partial charge in [0.05, 0.1) is 12.6 Å². The van der Waals surface area contributed by atoms with Crippen LogP contribution < -0.4 is 11.1 Å². The Morgan fingerprint density at radius 1 is 1.44 bits per heavy atom. The Balaban J connectivity index is 2.35. The Morgan fingerprint density at radius 2 is 2.17 bits per heavy atom. The molecule has 0 aromatic rings. The van der Waals surface area contributed by atoms with Crippen LogP contribution in [0.25, 0.3) is 0 Å². The molecule has 0 aromatic carbocycles. The van der Waals surface area contributed by atoms with Crippen molar-refractivity contribution in [2.24, 2.45) is 5.73 Å². The molecule has 0 radical (unpaired) electrons. The van der Waals surface area contributed by atoms with Gasteiger partial charge in [0.2, 0.25) is 5.91 Å². The summed E-state index contributed by atoms with van der Waals surface area (Å²) in [5, 5.41) is 2.73. The van der Waals surface area contributed by atoms with Crippen LogP contribution in [0.15, 0.2) is 0 Å². The Morgan fingerprint density at radius 3 is 2.72 bits per heavy atom. The lowest BCUT2D eigenvalue weighted by Crippen LogP contribution is -2.43. The van der Waals surface area contributed by atoms with Crippen molar-refractivity contribution in [1.29, 1.82) is 0 Å². The molecule has 1 fully saturated rings. The van der Waals surface area contributed by atoms with E-state index in [0.717, 1.165) is 12.8 Å². The number of hydrogen-bond donors (Lipinski definition) is 2. The fourth-order valence-corrected chi connectivity index (χ4v) is 1.92. The number of carbonyl (C=O) groups excluding carboxylic acids is 2. The second-order valence-electron chi connectivity index (χ2n) is 4.60. The SMILES string of the molecule is CCCNC(=O)CN(C)C(=O)C1CCC(CN)O1. The number of nitrogens with two attached hydrogens (primary N) is 1. The second-order valence-corrected chi connectivity index (χ2v) is 4.60.